The van der Waals surface area contributed by atoms with Crippen LogP contribution in [0.4, 0.5) is 4.39 Å². The molecule has 1 fully saturated rings. The second-order valence-electron chi connectivity index (χ2n) is 6.15. The molecular formula is C19H18FN3O. The van der Waals surface area contributed by atoms with Crippen LogP contribution in [-0.2, 0) is 11.2 Å². The van der Waals surface area contributed by atoms with Crippen LogP contribution >= 0.6 is 0 Å². The Kier molecular flexibility index (Phi) is 3.76. The number of hydrogen-bond acceptors (Lipinski definition) is 2. The summed E-state index contributed by atoms with van der Waals surface area (Å²) in [4.78, 5) is 22.5. The molecule has 0 bridgehead atoms. The first kappa shape index (κ1) is 14.9. The predicted molar refractivity (Wildman–Crippen MR) is 89.9 cm³/mol. The van der Waals surface area contributed by atoms with Crippen molar-refractivity contribution >= 4 is 16.9 Å². The molecule has 0 saturated carbocycles. The Morgan fingerprint density at radius 1 is 1.21 bits per heavy atom. The number of hydrogen-bond donors (Lipinski definition) is 1. The summed E-state index contributed by atoms with van der Waals surface area (Å²) < 4.78 is 13.8. The molecule has 1 aromatic heterocycles. The minimum Gasteiger partial charge on any atom is -0.340 e. The Hall–Kier alpha value is -2.69. The van der Waals surface area contributed by atoms with Crippen LogP contribution in [0.25, 0.3) is 11.0 Å². The number of benzene rings is 2. The highest BCUT2D eigenvalue weighted by atomic mass is 19.1. The summed E-state index contributed by atoms with van der Waals surface area (Å²) in [5.74, 6) is 0.434. The van der Waals surface area contributed by atoms with Crippen molar-refractivity contribution in [1.82, 2.24) is 14.9 Å². The van der Waals surface area contributed by atoms with Gasteiger partial charge >= 0.3 is 0 Å². The summed E-state index contributed by atoms with van der Waals surface area (Å²) in [6, 6.07) is 14.2. The number of H-pyrrole nitrogens is 1. The third-order valence-corrected chi connectivity index (χ3v) is 4.60. The molecule has 2 aromatic carbocycles. The third-order valence-electron chi connectivity index (χ3n) is 4.60. The van der Waals surface area contributed by atoms with E-state index >= 15 is 0 Å². The minimum absolute atomic E-state index is 0.0527. The quantitative estimate of drug-likeness (QED) is 0.800. The monoisotopic (exact) mass is 323 g/mol. The Labute approximate surface area is 139 Å². The number of aromatic nitrogens is 2. The molecule has 4 rings (SSSR count). The number of aromatic amines is 1. The van der Waals surface area contributed by atoms with Gasteiger partial charge in [0, 0.05) is 6.54 Å². The van der Waals surface area contributed by atoms with E-state index in [9.17, 15) is 9.18 Å². The van der Waals surface area contributed by atoms with Crippen molar-refractivity contribution in [3.05, 3.63) is 65.7 Å². The van der Waals surface area contributed by atoms with Gasteiger partial charge in [-0.25, -0.2) is 9.37 Å². The number of para-hydroxylation sites is 2. The van der Waals surface area contributed by atoms with Crippen LogP contribution in [0.15, 0.2) is 48.5 Å². The lowest BCUT2D eigenvalue weighted by atomic mass is 10.1. The summed E-state index contributed by atoms with van der Waals surface area (Å²) >= 11 is 0. The van der Waals surface area contributed by atoms with Gasteiger partial charge in [0.15, 0.2) is 0 Å². The second-order valence-corrected chi connectivity index (χ2v) is 6.15. The Balaban J connectivity index is 1.58. The predicted octanol–water partition coefficient (Wildman–Crippen LogP) is 3.61. The maximum atomic E-state index is 13.8. The van der Waals surface area contributed by atoms with Crippen LogP contribution in [-0.4, -0.2) is 27.3 Å². The molecule has 1 N–H and O–H groups in total. The van der Waals surface area contributed by atoms with Crippen molar-refractivity contribution in [1.29, 1.82) is 0 Å². The zero-order chi connectivity index (χ0) is 16.5. The molecule has 0 radical (unpaired) electrons. The van der Waals surface area contributed by atoms with Gasteiger partial charge in [0.2, 0.25) is 5.91 Å². The van der Waals surface area contributed by atoms with E-state index in [1.807, 2.05) is 29.2 Å². The molecule has 0 unspecified atom stereocenters. The molecule has 122 valence electrons. The fourth-order valence-corrected chi connectivity index (χ4v) is 3.39. The molecule has 1 saturated heterocycles. The number of amides is 1. The van der Waals surface area contributed by atoms with Crippen LogP contribution in [0.2, 0.25) is 0 Å². The van der Waals surface area contributed by atoms with E-state index in [2.05, 4.69) is 9.97 Å². The van der Waals surface area contributed by atoms with Gasteiger partial charge in [0.25, 0.3) is 0 Å². The Bertz CT molecular complexity index is 856. The van der Waals surface area contributed by atoms with Crippen molar-refractivity contribution in [2.24, 2.45) is 0 Å². The van der Waals surface area contributed by atoms with Crippen molar-refractivity contribution in [2.45, 2.75) is 25.3 Å². The molecule has 1 amide bonds. The Morgan fingerprint density at radius 3 is 2.83 bits per heavy atom. The van der Waals surface area contributed by atoms with Crippen molar-refractivity contribution in [3.63, 3.8) is 0 Å². The number of likely N-dealkylation sites (tertiary alicyclic amines) is 1. The number of nitrogens with one attached hydrogen (secondary N) is 1. The van der Waals surface area contributed by atoms with Crippen LogP contribution in [0.5, 0.6) is 0 Å². The zero-order valence-corrected chi connectivity index (χ0v) is 13.2. The minimum atomic E-state index is -0.328. The molecule has 3 aromatic rings. The summed E-state index contributed by atoms with van der Waals surface area (Å²) in [6.45, 7) is 0.689. The highest BCUT2D eigenvalue weighted by Crippen LogP contribution is 2.32. The van der Waals surface area contributed by atoms with Gasteiger partial charge in [-0.15, -0.1) is 0 Å². The number of halogens is 1. The fourth-order valence-electron chi connectivity index (χ4n) is 3.39. The SMILES string of the molecule is O=C(Cc1ccccc1F)N1CCC[C@@H]1c1nc2ccccc2[nH]1. The lowest BCUT2D eigenvalue weighted by molar-refractivity contribution is -0.131. The third kappa shape index (κ3) is 2.66. The molecule has 1 aliphatic heterocycles. The topological polar surface area (TPSA) is 49.0 Å². The van der Waals surface area contributed by atoms with Gasteiger partial charge in [-0.2, -0.15) is 0 Å². The lowest BCUT2D eigenvalue weighted by Gasteiger charge is -2.23. The van der Waals surface area contributed by atoms with Crippen LogP contribution < -0.4 is 0 Å². The molecule has 5 heteroatoms. The summed E-state index contributed by atoms with van der Waals surface area (Å²) in [6.07, 6.45) is 1.90. The summed E-state index contributed by atoms with van der Waals surface area (Å²) in [5, 5.41) is 0. The smallest absolute Gasteiger partial charge is 0.227 e. The number of fused-ring (bicyclic) bond motifs is 1. The van der Waals surface area contributed by atoms with Gasteiger partial charge in [0.1, 0.15) is 11.6 Å². The number of imidazole rings is 1. The van der Waals surface area contributed by atoms with E-state index in [-0.39, 0.29) is 24.2 Å². The molecule has 4 nitrogen and oxygen atoms in total. The van der Waals surface area contributed by atoms with Crippen molar-refractivity contribution < 1.29 is 9.18 Å². The molecule has 0 spiro atoms. The number of rotatable bonds is 3. The molecule has 1 atom stereocenters. The first-order valence-electron chi connectivity index (χ1n) is 8.20. The van der Waals surface area contributed by atoms with Gasteiger partial charge in [-0.1, -0.05) is 30.3 Å². The molecular weight excluding hydrogens is 305 g/mol. The van der Waals surface area contributed by atoms with Crippen LogP contribution in [0, 0.1) is 5.82 Å². The van der Waals surface area contributed by atoms with Gasteiger partial charge in [-0.05, 0) is 36.6 Å². The largest absolute Gasteiger partial charge is 0.340 e. The molecule has 24 heavy (non-hydrogen) atoms. The van der Waals surface area contributed by atoms with Crippen molar-refractivity contribution in [3.8, 4) is 0 Å². The van der Waals surface area contributed by atoms with Gasteiger partial charge < -0.3 is 9.88 Å². The normalized spacial score (nSPS) is 17.5. The van der Waals surface area contributed by atoms with Gasteiger partial charge in [0.05, 0.1) is 23.5 Å². The number of carbonyl (C=O) groups is 1. The zero-order valence-electron chi connectivity index (χ0n) is 13.2. The summed E-state index contributed by atoms with van der Waals surface area (Å²) in [5.41, 5.74) is 2.32. The Morgan fingerprint density at radius 2 is 2.00 bits per heavy atom. The van der Waals surface area contributed by atoms with Crippen LogP contribution in [0.1, 0.15) is 30.3 Å². The van der Waals surface area contributed by atoms with E-state index in [0.717, 1.165) is 29.7 Å². The maximum Gasteiger partial charge on any atom is 0.227 e. The second kappa shape index (κ2) is 6.07. The van der Waals surface area contributed by atoms with E-state index in [1.165, 1.54) is 6.07 Å². The van der Waals surface area contributed by atoms with E-state index in [0.29, 0.717) is 12.1 Å². The van der Waals surface area contributed by atoms with Gasteiger partial charge in [-0.3, -0.25) is 4.79 Å². The summed E-state index contributed by atoms with van der Waals surface area (Å²) in [7, 11) is 0. The highest BCUT2D eigenvalue weighted by Gasteiger charge is 2.32. The van der Waals surface area contributed by atoms with E-state index < -0.39 is 0 Å². The molecule has 1 aliphatic rings. The first-order valence-corrected chi connectivity index (χ1v) is 8.20. The number of carbonyl (C=O) groups excluding carboxylic acids is 1. The van der Waals surface area contributed by atoms with E-state index in [4.69, 9.17) is 0 Å². The lowest BCUT2D eigenvalue weighted by Crippen LogP contribution is -2.32. The van der Waals surface area contributed by atoms with Crippen LogP contribution in [0.3, 0.4) is 0 Å². The highest BCUT2D eigenvalue weighted by molar-refractivity contribution is 5.80. The molecule has 0 aliphatic carbocycles. The number of nitrogens with zero attached hydrogens (tertiary/aromatic N) is 2. The van der Waals surface area contributed by atoms with Crippen molar-refractivity contribution in [2.75, 3.05) is 6.54 Å². The average Bonchev–Trinajstić information content (AvgIpc) is 3.23. The van der Waals surface area contributed by atoms with E-state index in [1.54, 1.807) is 18.2 Å². The average molecular weight is 323 g/mol. The molecule has 2 heterocycles. The standard InChI is InChI=1S/C19H18FN3O/c20-14-7-2-1-6-13(14)12-18(24)23-11-5-10-17(23)19-21-15-8-3-4-9-16(15)22-19/h1-4,6-9,17H,5,10-12H2,(H,21,22)/t17-/m1/s1. The maximum absolute atomic E-state index is 13.8. The fraction of sp³-hybridized carbons (Fsp3) is 0.263. The first-order chi connectivity index (χ1) is 11.7.